The van der Waals surface area contributed by atoms with Gasteiger partial charge in [-0.15, -0.1) is 0 Å². The molecule has 2 nitrogen and oxygen atoms in total. The number of Topliss-reactive ketones (excluding diaryl/α,β-unsaturated/α-hetero) is 1. The lowest BCUT2D eigenvalue weighted by atomic mass is 10.1. The van der Waals surface area contributed by atoms with Crippen LogP contribution in [0.15, 0.2) is 24.3 Å². The Bertz CT molecular complexity index is 373. The number of anilines is 1. The van der Waals surface area contributed by atoms with Crippen molar-refractivity contribution in [2.75, 3.05) is 11.4 Å². The monoisotopic (exact) mass is 203 g/mol. The normalized spacial score (nSPS) is 20.7. The first-order chi connectivity index (χ1) is 7.20. The second-order valence-corrected chi connectivity index (χ2v) is 4.26. The van der Waals surface area contributed by atoms with Crippen LogP contribution in [0.25, 0.3) is 0 Å². The molecule has 0 amide bonds. The standard InChI is InChI=1S/C13H17NO/c1-10-6-5-9-14(10)13-8-4-3-7-12(13)11(2)15/h3-4,7-8,10H,5-6,9H2,1-2H3/t10-/m0/s1. The van der Waals surface area contributed by atoms with Gasteiger partial charge in [-0.25, -0.2) is 0 Å². The molecule has 0 radical (unpaired) electrons. The number of rotatable bonds is 2. The fraction of sp³-hybridized carbons (Fsp3) is 0.462. The Morgan fingerprint density at radius 1 is 1.40 bits per heavy atom. The molecule has 1 aliphatic rings. The molecule has 0 bridgehead atoms. The molecule has 1 fully saturated rings. The molecule has 0 saturated carbocycles. The summed E-state index contributed by atoms with van der Waals surface area (Å²) in [5, 5.41) is 0. The summed E-state index contributed by atoms with van der Waals surface area (Å²) in [7, 11) is 0. The predicted molar refractivity (Wildman–Crippen MR) is 62.5 cm³/mol. The van der Waals surface area contributed by atoms with Gasteiger partial charge in [-0.2, -0.15) is 0 Å². The Kier molecular flexibility index (Phi) is 2.76. The lowest BCUT2D eigenvalue weighted by Gasteiger charge is -2.25. The maximum Gasteiger partial charge on any atom is 0.161 e. The molecule has 0 aliphatic carbocycles. The van der Waals surface area contributed by atoms with Crippen LogP contribution in [-0.4, -0.2) is 18.4 Å². The Balaban J connectivity index is 2.38. The van der Waals surface area contributed by atoms with Crippen LogP contribution in [-0.2, 0) is 0 Å². The summed E-state index contributed by atoms with van der Waals surface area (Å²) in [6.07, 6.45) is 2.46. The minimum absolute atomic E-state index is 0.157. The van der Waals surface area contributed by atoms with Gasteiger partial charge in [-0.1, -0.05) is 12.1 Å². The molecule has 0 unspecified atom stereocenters. The van der Waals surface area contributed by atoms with E-state index in [0.717, 1.165) is 17.8 Å². The molecular formula is C13H17NO. The molecule has 15 heavy (non-hydrogen) atoms. The van der Waals surface area contributed by atoms with Gasteiger partial charge in [0, 0.05) is 23.8 Å². The third-order valence-electron chi connectivity index (χ3n) is 3.15. The van der Waals surface area contributed by atoms with E-state index in [1.165, 1.54) is 12.8 Å². The first kappa shape index (κ1) is 10.2. The Labute approximate surface area is 90.9 Å². The summed E-state index contributed by atoms with van der Waals surface area (Å²) < 4.78 is 0. The number of hydrogen-bond acceptors (Lipinski definition) is 2. The van der Waals surface area contributed by atoms with Gasteiger partial charge in [-0.3, -0.25) is 4.79 Å². The van der Waals surface area contributed by atoms with Crippen molar-refractivity contribution < 1.29 is 4.79 Å². The minimum Gasteiger partial charge on any atom is -0.368 e. The fourth-order valence-corrected chi connectivity index (χ4v) is 2.31. The van der Waals surface area contributed by atoms with Gasteiger partial charge >= 0.3 is 0 Å². The van der Waals surface area contributed by atoms with Crippen LogP contribution >= 0.6 is 0 Å². The molecule has 1 aromatic carbocycles. The Morgan fingerprint density at radius 2 is 2.13 bits per heavy atom. The average molecular weight is 203 g/mol. The van der Waals surface area contributed by atoms with Crippen molar-refractivity contribution >= 4 is 11.5 Å². The molecule has 1 atom stereocenters. The van der Waals surface area contributed by atoms with Crippen LogP contribution in [0.2, 0.25) is 0 Å². The number of carbonyl (C=O) groups excluding carboxylic acids is 1. The van der Waals surface area contributed by atoms with E-state index < -0.39 is 0 Å². The highest BCUT2D eigenvalue weighted by Gasteiger charge is 2.23. The Morgan fingerprint density at radius 3 is 2.73 bits per heavy atom. The summed E-state index contributed by atoms with van der Waals surface area (Å²) in [6, 6.07) is 8.47. The lowest BCUT2D eigenvalue weighted by Crippen LogP contribution is -2.27. The van der Waals surface area contributed by atoms with Gasteiger partial charge in [0.15, 0.2) is 5.78 Å². The number of ketones is 1. The molecule has 1 aromatic rings. The zero-order valence-corrected chi connectivity index (χ0v) is 9.36. The molecule has 1 saturated heterocycles. The maximum atomic E-state index is 11.5. The summed E-state index contributed by atoms with van der Waals surface area (Å²) in [4.78, 5) is 13.8. The average Bonchev–Trinajstić information content (AvgIpc) is 2.64. The number of para-hydroxylation sites is 1. The van der Waals surface area contributed by atoms with Crippen LogP contribution in [0, 0.1) is 0 Å². The van der Waals surface area contributed by atoms with E-state index in [2.05, 4.69) is 17.9 Å². The van der Waals surface area contributed by atoms with Crippen molar-refractivity contribution in [3.8, 4) is 0 Å². The van der Waals surface area contributed by atoms with Gasteiger partial charge in [0.05, 0.1) is 0 Å². The van der Waals surface area contributed by atoms with E-state index in [1.54, 1.807) is 6.92 Å². The quantitative estimate of drug-likeness (QED) is 0.689. The molecule has 0 spiro atoms. The highest BCUT2D eigenvalue weighted by Crippen LogP contribution is 2.28. The van der Waals surface area contributed by atoms with Crippen molar-refractivity contribution in [1.82, 2.24) is 0 Å². The zero-order chi connectivity index (χ0) is 10.8. The van der Waals surface area contributed by atoms with E-state index in [1.807, 2.05) is 18.2 Å². The second-order valence-electron chi connectivity index (χ2n) is 4.26. The van der Waals surface area contributed by atoms with Crippen LogP contribution in [0.5, 0.6) is 0 Å². The first-order valence-corrected chi connectivity index (χ1v) is 5.57. The topological polar surface area (TPSA) is 20.3 Å². The Hall–Kier alpha value is -1.31. The smallest absolute Gasteiger partial charge is 0.161 e. The van der Waals surface area contributed by atoms with E-state index in [9.17, 15) is 4.79 Å². The maximum absolute atomic E-state index is 11.5. The molecule has 1 heterocycles. The number of carbonyl (C=O) groups is 1. The van der Waals surface area contributed by atoms with Crippen molar-refractivity contribution in [1.29, 1.82) is 0 Å². The fourth-order valence-electron chi connectivity index (χ4n) is 2.31. The number of benzene rings is 1. The third-order valence-corrected chi connectivity index (χ3v) is 3.15. The van der Waals surface area contributed by atoms with Gasteiger partial charge in [-0.05, 0) is 38.8 Å². The first-order valence-electron chi connectivity index (χ1n) is 5.57. The van der Waals surface area contributed by atoms with Crippen molar-refractivity contribution in [2.24, 2.45) is 0 Å². The molecule has 80 valence electrons. The highest BCUT2D eigenvalue weighted by atomic mass is 16.1. The van der Waals surface area contributed by atoms with Crippen LogP contribution in [0.4, 0.5) is 5.69 Å². The van der Waals surface area contributed by atoms with Crippen LogP contribution in [0.3, 0.4) is 0 Å². The van der Waals surface area contributed by atoms with Gasteiger partial charge in [0.25, 0.3) is 0 Å². The van der Waals surface area contributed by atoms with E-state index >= 15 is 0 Å². The minimum atomic E-state index is 0.157. The van der Waals surface area contributed by atoms with Gasteiger partial charge in [0.2, 0.25) is 0 Å². The number of hydrogen-bond donors (Lipinski definition) is 0. The van der Waals surface area contributed by atoms with Crippen molar-refractivity contribution in [3.05, 3.63) is 29.8 Å². The third kappa shape index (κ3) is 1.89. The van der Waals surface area contributed by atoms with E-state index in [0.29, 0.717) is 6.04 Å². The lowest BCUT2D eigenvalue weighted by molar-refractivity contribution is 0.101. The highest BCUT2D eigenvalue weighted by molar-refractivity contribution is 5.99. The largest absolute Gasteiger partial charge is 0.368 e. The van der Waals surface area contributed by atoms with Crippen molar-refractivity contribution in [3.63, 3.8) is 0 Å². The molecule has 1 aliphatic heterocycles. The van der Waals surface area contributed by atoms with E-state index in [4.69, 9.17) is 0 Å². The van der Waals surface area contributed by atoms with Crippen molar-refractivity contribution in [2.45, 2.75) is 32.7 Å². The molecular weight excluding hydrogens is 186 g/mol. The summed E-state index contributed by atoms with van der Waals surface area (Å²) >= 11 is 0. The zero-order valence-electron chi connectivity index (χ0n) is 9.36. The number of nitrogens with zero attached hydrogens (tertiary/aromatic N) is 1. The summed E-state index contributed by atoms with van der Waals surface area (Å²) in [6.45, 7) is 4.94. The molecule has 2 heteroatoms. The summed E-state index contributed by atoms with van der Waals surface area (Å²) in [5.74, 6) is 0.157. The van der Waals surface area contributed by atoms with Gasteiger partial charge in [0.1, 0.15) is 0 Å². The predicted octanol–water partition coefficient (Wildman–Crippen LogP) is 2.88. The van der Waals surface area contributed by atoms with Crippen LogP contribution < -0.4 is 4.90 Å². The van der Waals surface area contributed by atoms with Gasteiger partial charge < -0.3 is 4.90 Å². The van der Waals surface area contributed by atoms with Crippen LogP contribution in [0.1, 0.15) is 37.0 Å². The second kappa shape index (κ2) is 4.05. The van der Waals surface area contributed by atoms with E-state index in [-0.39, 0.29) is 5.78 Å². The summed E-state index contributed by atoms with van der Waals surface area (Å²) in [5.41, 5.74) is 1.96. The SMILES string of the molecule is CC(=O)c1ccccc1N1CCC[C@@H]1C. The molecule has 0 N–H and O–H groups in total. The molecule has 2 rings (SSSR count). The molecule has 0 aromatic heterocycles.